The van der Waals surface area contributed by atoms with Gasteiger partial charge in [-0.2, -0.15) is 0 Å². The van der Waals surface area contributed by atoms with Crippen molar-refractivity contribution in [1.82, 2.24) is 9.88 Å². The van der Waals surface area contributed by atoms with Gasteiger partial charge in [0.15, 0.2) is 11.6 Å². The fourth-order valence-electron chi connectivity index (χ4n) is 6.37. The molecule has 2 fully saturated rings. The molecule has 2 saturated heterocycles. The molecule has 0 bridgehead atoms. The highest BCUT2D eigenvalue weighted by Crippen LogP contribution is 2.45. The predicted molar refractivity (Wildman–Crippen MR) is 138 cm³/mol. The number of nitrogens with zero attached hydrogens (tertiary/aromatic N) is 2. The fourth-order valence-corrected chi connectivity index (χ4v) is 6.37. The van der Waals surface area contributed by atoms with Crippen LogP contribution >= 0.6 is 0 Å². The van der Waals surface area contributed by atoms with Crippen molar-refractivity contribution >= 4 is 28.2 Å². The van der Waals surface area contributed by atoms with E-state index in [9.17, 15) is 9.59 Å². The summed E-state index contributed by atoms with van der Waals surface area (Å²) in [5.41, 5.74) is 5.58. The Labute approximate surface area is 206 Å². The smallest absolute Gasteiger partial charge is 0.195 e. The molecule has 0 unspecified atom stereocenters. The Balaban J connectivity index is 1.39. The first kappa shape index (κ1) is 22.5. The molecule has 2 aromatic carbocycles. The summed E-state index contributed by atoms with van der Waals surface area (Å²) >= 11 is 0. The zero-order valence-corrected chi connectivity index (χ0v) is 20.8. The summed E-state index contributed by atoms with van der Waals surface area (Å²) in [6, 6.07) is 12.6. The van der Waals surface area contributed by atoms with Crippen LogP contribution in [0.2, 0.25) is 0 Å². The number of anilines is 1. The van der Waals surface area contributed by atoms with E-state index in [1.165, 1.54) is 0 Å². The summed E-state index contributed by atoms with van der Waals surface area (Å²) in [4.78, 5) is 35.1. The van der Waals surface area contributed by atoms with Crippen LogP contribution < -0.4 is 4.90 Å². The minimum atomic E-state index is -0.381. The molecule has 3 heterocycles. The van der Waals surface area contributed by atoms with Crippen molar-refractivity contribution in [3.05, 3.63) is 64.3 Å². The highest BCUT2D eigenvalue weighted by Gasteiger charge is 2.41. The first-order valence-electron chi connectivity index (χ1n) is 12.8. The third kappa shape index (κ3) is 3.54. The van der Waals surface area contributed by atoms with E-state index in [2.05, 4.69) is 34.7 Å². The Morgan fingerprint density at radius 1 is 1.06 bits per heavy atom. The predicted octanol–water partition coefficient (Wildman–Crippen LogP) is 4.54. The van der Waals surface area contributed by atoms with Crippen LogP contribution in [0, 0.1) is 0 Å². The van der Waals surface area contributed by atoms with Crippen molar-refractivity contribution in [3.8, 4) is 0 Å². The molecule has 1 N–H and O–H groups in total. The van der Waals surface area contributed by atoms with Gasteiger partial charge in [0.05, 0.1) is 18.8 Å². The monoisotopic (exact) mass is 471 g/mol. The lowest BCUT2D eigenvalue weighted by atomic mass is 9.70. The molecule has 6 rings (SSSR count). The number of ketones is 2. The molecule has 0 amide bonds. The zero-order valence-electron chi connectivity index (χ0n) is 20.8. The molecule has 6 nitrogen and oxygen atoms in total. The zero-order chi connectivity index (χ0) is 24.3. The van der Waals surface area contributed by atoms with Gasteiger partial charge in [0.1, 0.15) is 0 Å². The van der Waals surface area contributed by atoms with Crippen molar-refractivity contribution in [1.29, 1.82) is 0 Å². The summed E-state index contributed by atoms with van der Waals surface area (Å²) in [7, 11) is 0. The first-order valence-corrected chi connectivity index (χ1v) is 12.8. The second kappa shape index (κ2) is 8.32. The Morgan fingerprint density at radius 2 is 1.77 bits per heavy atom. The van der Waals surface area contributed by atoms with E-state index in [1.807, 2.05) is 30.3 Å². The van der Waals surface area contributed by atoms with E-state index < -0.39 is 0 Å². The third-order valence-electron chi connectivity index (χ3n) is 8.36. The number of aromatic amines is 1. The second-order valence-electron chi connectivity index (χ2n) is 10.7. The van der Waals surface area contributed by atoms with Crippen LogP contribution in [0.25, 0.3) is 10.9 Å². The van der Waals surface area contributed by atoms with Crippen molar-refractivity contribution in [2.24, 2.45) is 0 Å². The number of hydrogen-bond acceptors (Lipinski definition) is 5. The number of hydrogen-bond donors (Lipinski definition) is 1. The lowest BCUT2D eigenvalue weighted by Crippen LogP contribution is -2.49. The number of ether oxygens (including phenoxy) is 1. The Morgan fingerprint density at radius 3 is 2.49 bits per heavy atom. The minimum Gasteiger partial charge on any atom is -0.379 e. The molecule has 0 radical (unpaired) electrons. The van der Waals surface area contributed by atoms with E-state index in [0.29, 0.717) is 17.2 Å². The fraction of sp³-hybridized carbons (Fsp3) is 0.448. The number of nitrogens with one attached hydrogen (secondary N) is 1. The average Bonchev–Trinajstić information content (AvgIpc) is 3.28. The van der Waals surface area contributed by atoms with Gasteiger partial charge in [-0.25, -0.2) is 0 Å². The van der Waals surface area contributed by atoms with Gasteiger partial charge in [-0.15, -0.1) is 0 Å². The number of carbonyl (C=O) groups excluding carboxylic acids is 2. The van der Waals surface area contributed by atoms with Crippen molar-refractivity contribution in [3.63, 3.8) is 0 Å². The third-order valence-corrected chi connectivity index (χ3v) is 8.36. The maximum Gasteiger partial charge on any atom is 0.195 e. The number of piperidine rings is 1. The lowest BCUT2D eigenvalue weighted by Gasteiger charge is -2.42. The van der Waals surface area contributed by atoms with Gasteiger partial charge < -0.3 is 14.6 Å². The van der Waals surface area contributed by atoms with Gasteiger partial charge in [-0.05, 0) is 43.5 Å². The van der Waals surface area contributed by atoms with E-state index in [1.54, 1.807) is 6.92 Å². The Hall–Kier alpha value is -2.96. The molecule has 35 heavy (non-hydrogen) atoms. The van der Waals surface area contributed by atoms with Crippen molar-refractivity contribution in [2.75, 3.05) is 44.3 Å². The summed E-state index contributed by atoms with van der Waals surface area (Å²) in [5, 5.41) is 0.949. The summed E-state index contributed by atoms with van der Waals surface area (Å²) < 4.78 is 5.53. The Kier molecular flexibility index (Phi) is 5.35. The normalized spacial score (nSPS) is 20.7. The van der Waals surface area contributed by atoms with Crippen molar-refractivity contribution in [2.45, 2.75) is 45.1 Å². The molecule has 0 saturated carbocycles. The molecular weight excluding hydrogens is 438 g/mol. The number of carbonyl (C=O) groups is 2. The van der Waals surface area contributed by atoms with Gasteiger partial charge in [0, 0.05) is 71.0 Å². The van der Waals surface area contributed by atoms with Crippen LogP contribution in [-0.2, 0) is 10.2 Å². The van der Waals surface area contributed by atoms with E-state index in [4.69, 9.17) is 4.74 Å². The molecule has 1 aromatic heterocycles. The van der Waals surface area contributed by atoms with Crippen LogP contribution in [0.5, 0.6) is 0 Å². The number of Topliss-reactive ketones (excluding diaryl/α,β-unsaturated/α-hetero) is 1. The van der Waals surface area contributed by atoms with E-state index in [-0.39, 0.29) is 17.0 Å². The van der Waals surface area contributed by atoms with Crippen LogP contribution in [0.4, 0.5) is 5.69 Å². The van der Waals surface area contributed by atoms with E-state index in [0.717, 1.165) is 85.6 Å². The molecule has 0 spiro atoms. The number of para-hydroxylation sites is 1. The van der Waals surface area contributed by atoms with Crippen molar-refractivity contribution < 1.29 is 14.3 Å². The molecule has 2 aliphatic heterocycles. The van der Waals surface area contributed by atoms with Crippen LogP contribution in [0.15, 0.2) is 36.4 Å². The Bertz CT molecular complexity index is 1320. The largest absolute Gasteiger partial charge is 0.379 e. The molecule has 1 aliphatic carbocycles. The molecular formula is C29H33N3O3. The number of benzene rings is 2. The molecule has 6 heteroatoms. The lowest BCUT2D eigenvalue weighted by molar-refractivity contribution is 0.0115. The summed E-state index contributed by atoms with van der Waals surface area (Å²) in [6.45, 7) is 11.4. The van der Waals surface area contributed by atoms with E-state index >= 15 is 0 Å². The van der Waals surface area contributed by atoms with Crippen LogP contribution in [-0.4, -0.2) is 66.9 Å². The number of H-pyrrole nitrogens is 1. The highest BCUT2D eigenvalue weighted by atomic mass is 16.5. The summed E-state index contributed by atoms with van der Waals surface area (Å²) in [6.07, 6.45) is 2.14. The standard InChI is InChI=1S/C29H33N3O3/c1-18(33)21-16-22-23(17-25(21)32-10-8-19(9-11-32)31-12-14-35-15-13-31)29(2,3)28-26(27(22)34)20-6-4-5-7-24(20)30-28/h4-7,16-17,19,30H,8-15H2,1-3H3. The topological polar surface area (TPSA) is 65.6 Å². The molecule has 3 aromatic rings. The quantitative estimate of drug-likeness (QED) is 0.568. The molecule has 3 aliphatic rings. The number of rotatable bonds is 3. The second-order valence-corrected chi connectivity index (χ2v) is 10.7. The van der Waals surface area contributed by atoms with Gasteiger partial charge in [0.25, 0.3) is 0 Å². The minimum absolute atomic E-state index is 0.00634. The number of fused-ring (bicyclic) bond motifs is 4. The van der Waals surface area contributed by atoms with Gasteiger partial charge in [-0.3, -0.25) is 14.5 Å². The number of aromatic nitrogens is 1. The van der Waals surface area contributed by atoms with Gasteiger partial charge in [-0.1, -0.05) is 32.0 Å². The van der Waals surface area contributed by atoms with Gasteiger partial charge >= 0.3 is 0 Å². The average molecular weight is 472 g/mol. The maximum absolute atomic E-state index is 13.8. The first-order chi connectivity index (χ1) is 16.9. The van der Waals surface area contributed by atoms with Crippen LogP contribution in [0.1, 0.15) is 71.1 Å². The number of morpholine rings is 1. The molecule has 0 atom stereocenters. The highest BCUT2D eigenvalue weighted by molar-refractivity contribution is 6.21. The maximum atomic E-state index is 13.8. The van der Waals surface area contributed by atoms with Gasteiger partial charge in [0.2, 0.25) is 0 Å². The SMILES string of the molecule is CC(=O)c1cc2c(cc1N1CCC(N3CCOCC3)CC1)C(C)(C)c1[nH]c3ccccc3c1C2=O. The van der Waals surface area contributed by atoms with Crippen LogP contribution in [0.3, 0.4) is 0 Å². The molecule has 182 valence electrons. The summed E-state index contributed by atoms with van der Waals surface area (Å²) in [5.74, 6) is 0.0142.